The van der Waals surface area contributed by atoms with Crippen LogP contribution < -0.4 is 20.7 Å². The van der Waals surface area contributed by atoms with E-state index >= 15 is 0 Å². The summed E-state index contributed by atoms with van der Waals surface area (Å²) in [6, 6.07) is 9.00. The van der Waals surface area contributed by atoms with Gasteiger partial charge in [0.15, 0.2) is 0 Å². The van der Waals surface area contributed by atoms with Gasteiger partial charge in [0.2, 0.25) is 0 Å². The topological polar surface area (TPSA) is 131 Å². The third kappa shape index (κ3) is 4.48. The quantitative estimate of drug-likeness (QED) is 0.355. The molecule has 0 amide bonds. The number of benzene rings is 1. The second-order valence-electron chi connectivity index (χ2n) is 9.98. The average Bonchev–Trinajstić information content (AvgIpc) is 3.45. The van der Waals surface area contributed by atoms with Gasteiger partial charge in [0.1, 0.15) is 0 Å². The van der Waals surface area contributed by atoms with Crippen LogP contribution in [0.1, 0.15) is 24.8 Å². The van der Waals surface area contributed by atoms with Crippen molar-refractivity contribution >= 4 is 41.3 Å². The summed E-state index contributed by atoms with van der Waals surface area (Å²) in [7, 11) is -0.909. The van der Waals surface area contributed by atoms with Crippen LogP contribution in [-0.2, 0) is 4.74 Å². The number of hydrogen-bond acceptors (Lipinski definition) is 9. The molecule has 6 rings (SSSR count). The molecule has 10 nitrogen and oxygen atoms in total. The standard InChI is InChI=1S/C25H32N7O3P/c1-34-21-12-19(36(33)10-7-32(8-11-36)18-2-3-18)4-5-20(21)29-25-30-23-22(16(13-26)14-27-23)24(31-25)28-17-6-9-35-15-17/h4-5,12,14,17-18,33,36H,2-3,6-11,15H2,1H3,(H3,27,28,29,30,31)/t17-/m1/s1. The van der Waals surface area contributed by atoms with Gasteiger partial charge in [-0.25, -0.2) is 0 Å². The van der Waals surface area contributed by atoms with E-state index in [1.54, 1.807) is 13.3 Å². The Morgan fingerprint density at radius 1 is 1.25 bits per heavy atom. The molecule has 3 aliphatic rings. The summed E-state index contributed by atoms with van der Waals surface area (Å²) in [5, 5.41) is 17.9. The molecule has 1 saturated carbocycles. The van der Waals surface area contributed by atoms with Crippen LogP contribution in [0.25, 0.3) is 11.0 Å². The second kappa shape index (κ2) is 9.49. The van der Waals surface area contributed by atoms with E-state index in [0.29, 0.717) is 47.3 Å². The molecule has 2 saturated heterocycles. The maximum atomic E-state index is 11.5. The Bertz CT molecular complexity index is 1300. The van der Waals surface area contributed by atoms with Crippen LogP contribution in [0.2, 0.25) is 0 Å². The SMILES string of the molecule is COc1cc([PH]2(O)CCN(C3CC3)CC2)ccc1Nc1nc(N[C@@H]2CCOC2)c2c(C#N)c[nH]c2n1. The summed E-state index contributed by atoms with van der Waals surface area (Å²) < 4.78 is 11.2. The van der Waals surface area contributed by atoms with E-state index < -0.39 is 7.49 Å². The summed E-state index contributed by atoms with van der Waals surface area (Å²) >= 11 is 0. The predicted molar refractivity (Wildman–Crippen MR) is 142 cm³/mol. The van der Waals surface area contributed by atoms with E-state index in [2.05, 4.69) is 31.6 Å². The first-order valence-corrected chi connectivity index (χ1v) is 15.0. The minimum absolute atomic E-state index is 0.128. The van der Waals surface area contributed by atoms with E-state index in [0.717, 1.165) is 48.9 Å². The van der Waals surface area contributed by atoms with Crippen molar-refractivity contribution in [2.24, 2.45) is 0 Å². The van der Waals surface area contributed by atoms with Crippen LogP contribution >= 0.6 is 7.49 Å². The van der Waals surface area contributed by atoms with Crippen molar-refractivity contribution in [2.45, 2.75) is 31.3 Å². The van der Waals surface area contributed by atoms with Crippen molar-refractivity contribution in [3.05, 3.63) is 30.0 Å². The predicted octanol–water partition coefficient (Wildman–Crippen LogP) is 2.54. The Hall–Kier alpha value is -2.96. The fourth-order valence-corrected chi connectivity index (χ4v) is 8.25. The Morgan fingerprint density at radius 2 is 2.08 bits per heavy atom. The van der Waals surface area contributed by atoms with Gasteiger partial charge in [-0.15, -0.1) is 0 Å². The van der Waals surface area contributed by atoms with Gasteiger partial charge in [-0.05, 0) is 0 Å². The summed E-state index contributed by atoms with van der Waals surface area (Å²) in [6.07, 6.45) is 6.83. The number of aromatic nitrogens is 3. The van der Waals surface area contributed by atoms with Crippen molar-refractivity contribution in [1.29, 1.82) is 5.26 Å². The Labute approximate surface area is 210 Å². The number of aromatic amines is 1. The number of fused-ring (bicyclic) bond motifs is 1. The first-order chi connectivity index (χ1) is 17.6. The third-order valence-corrected chi connectivity index (χ3v) is 11.1. The van der Waals surface area contributed by atoms with Crippen molar-refractivity contribution in [2.75, 3.05) is 56.4 Å². The minimum atomic E-state index is -2.54. The monoisotopic (exact) mass is 509 g/mol. The fraction of sp³-hybridized carbons (Fsp3) is 0.480. The van der Waals surface area contributed by atoms with Gasteiger partial charge in [-0.1, -0.05) is 0 Å². The Balaban J connectivity index is 1.27. The van der Waals surface area contributed by atoms with Crippen LogP contribution in [0.3, 0.4) is 0 Å². The van der Waals surface area contributed by atoms with Gasteiger partial charge in [-0.3, -0.25) is 0 Å². The van der Waals surface area contributed by atoms with Gasteiger partial charge in [0.05, 0.1) is 0 Å². The first kappa shape index (κ1) is 23.4. The zero-order valence-electron chi connectivity index (χ0n) is 20.4. The average molecular weight is 510 g/mol. The van der Waals surface area contributed by atoms with Gasteiger partial charge in [-0.2, -0.15) is 0 Å². The molecular formula is C25H32N7O3P. The molecule has 0 spiro atoms. The maximum absolute atomic E-state index is 11.5. The number of H-pyrrole nitrogens is 1. The van der Waals surface area contributed by atoms with Crippen LogP contribution in [0.5, 0.6) is 5.75 Å². The van der Waals surface area contributed by atoms with Crippen LogP contribution in [0.15, 0.2) is 24.4 Å². The molecule has 1 atom stereocenters. The molecule has 1 aromatic carbocycles. The molecule has 0 unspecified atom stereocenters. The van der Waals surface area contributed by atoms with Crippen molar-refractivity contribution < 1.29 is 14.4 Å². The zero-order chi connectivity index (χ0) is 24.7. The molecule has 11 heteroatoms. The van der Waals surface area contributed by atoms with E-state index in [9.17, 15) is 10.2 Å². The molecule has 2 aromatic heterocycles. The summed E-state index contributed by atoms with van der Waals surface area (Å²) in [5.41, 5.74) is 1.78. The molecule has 4 N–H and O–H groups in total. The molecular weight excluding hydrogens is 477 g/mol. The molecule has 4 heterocycles. The molecule has 0 bridgehead atoms. The van der Waals surface area contributed by atoms with Crippen LogP contribution in [-0.4, -0.2) is 82.6 Å². The van der Waals surface area contributed by atoms with E-state index in [4.69, 9.17) is 14.5 Å². The van der Waals surface area contributed by atoms with Gasteiger partial charge < -0.3 is 0 Å². The normalized spacial score (nSPS) is 22.8. The Morgan fingerprint density at radius 3 is 2.78 bits per heavy atom. The second-order valence-corrected chi connectivity index (χ2v) is 13.6. The molecule has 3 fully saturated rings. The van der Waals surface area contributed by atoms with Crippen LogP contribution in [0.4, 0.5) is 17.5 Å². The molecule has 36 heavy (non-hydrogen) atoms. The molecule has 2 aliphatic heterocycles. The number of anilines is 3. The number of rotatable bonds is 7. The third-order valence-electron chi connectivity index (χ3n) is 7.60. The van der Waals surface area contributed by atoms with Crippen molar-refractivity contribution in [1.82, 2.24) is 19.9 Å². The van der Waals surface area contributed by atoms with Crippen molar-refractivity contribution in [3.63, 3.8) is 0 Å². The molecule has 190 valence electrons. The number of hydrogen-bond donors (Lipinski definition) is 4. The van der Waals surface area contributed by atoms with Crippen molar-refractivity contribution in [3.8, 4) is 11.8 Å². The fourth-order valence-electron chi connectivity index (χ4n) is 5.32. The summed E-state index contributed by atoms with van der Waals surface area (Å²) in [4.78, 5) is 26.5. The van der Waals surface area contributed by atoms with Gasteiger partial charge >= 0.3 is 210 Å². The molecule has 0 radical (unpaired) electrons. The summed E-state index contributed by atoms with van der Waals surface area (Å²) in [5.74, 6) is 1.62. The molecule has 3 aromatic rings. The van der Waals surface area contributed by atoms with Crippen LogP contribution in [0, 0.1) is 11.3 Å². The number of nitriles is 1. The summed E-state index contributed by atoms with van der Waals surface area (Å²) in [6.45, 7) is 3.26. The van der Waals surface area contributed by atoms with E-state index in [1.807, 2.05) is 18.2 Å². The first-order valence-electron chi connectivity index (χ1n) is 12.6. The number of nitrogens with zero attached hydrogens (tertiary/aromatic N) is 4. The van der Waals surface area contributed by atoms with E-state index in [1.165, 1.54) is 12.8 Å². The van der Waals surface area contributed by atoms with Gasteiger partial charge in [0.25, 0.3) is 0 Å². The van der Waals surface area contributed by atoms with E-state index in [-0.39, 0.29) is 6.04 Å². The number of nitrogens with one attached hydrogen (secondary N) is 3. The number of ether oxygens (including phenoxy) is 2. The number of methoxy groups -OCH3 is 1. The van der Waals surface area contributed by atoms with Gasteiger partial charge in [0, 0.05) is 0 Å². The molecule has 1 aliphatic carbocycles. The zero-order valence-corrected chi connectivity index (χ0v) is 21.4. The Kier molecular flexibility index (Phi) is 6.18.